The molecule has 1 aliphatic heterocycles. The zero-order chi connectivity index (χ0) is 21.7. The number of hydrogen-bond donors (Lipinski definition) is 1. The predicted octanol–water partition coefficient (Wildman–Crippen LogP) is 2.79. The van der Waals surface area contributed by atoms with E-state index in [2.05, 4.69) is 5.32 Å². The van der Waals surface area contributed by atoms with E-state index in [1.54, 1.807) is 0 Å². The average Bonchev–Trinajstić information content (AvgIpc) is 2.74. The zero-order valence-electron chi connectivity index (χ0n) is 17.0. The van der Waals surface area contributed by atoms with Gasteiger partial charge in [-0.05, 0) is 49.2 Å². The summed E-state index contributed by atoms with van der Waals surface area (Å²) in [6.45, 7) is 5.77. The topological polar surface area (TPSA) is 84.9 Å². The van der Waals surface area contributed by atoms with Crippen LogP contribution in [0.5, 0.6) is 5.75 Å². The molecular formula is C21H25ClN2O5S. The first-order valence-corrected chi connectivity index (χ1v) is 11.5. The molecule has 0 spiro atoms. The molecule has 0 unspecified atom stereocenters. The van der Waals surface area contributed by atoms with Crippen molar-refractivity contribution in [3.63, 3.8) is 0 Å². The first kappa shape index (κ1) is 22.6. The van der Waals surface area contributed by atoms with E-state index in [1.807, 2.05) is 32.0 Å². The highest BCUT2D eigenvalue weighted by Crippen LogP contribution is 2.24. The van der Waals surface area contributed by atoms with E-state index in [0.717, 1.165) is 16.9 Å². The lowest BCUT2D eigenvalue weighted by Crippen LogP contribution is -2.40. The Morgan fingerprint density at radius 3 is 2.67 bits per heavy atom. The zero-order valence-corrected chi connectivity index (χ0v) is 18.6. The van der Waals surface area contributed by atoms with Crippen molar-refractivity contribution in [2.75, 3.05) is 39.5 Å². The smallest absolute Gasteiger partial charge is 0.252 e. The number of ether oxygens (including phenoxy) is 2. The summed E-state index contributed by atoms with van der Waals surface area (Å²) in [5, 5.41) is 2.91. The van der Waals surface area contributed by atoms with Gasteiger partial charge in [0.1, 0.15) is 12.4 Å². The van der Waals surface area contributed by atoms with Crippen LogP contribution in [0.3, 0.4) is 0 Å². The lowest BCUT2D eigenvalue weighted by atomic mass is 10.1. The third-order valence-electron chi connectivity index (χ3n) is 4.99. The second-order valence-corrected chi connectivity index (χ2v) is 9.31. The van der Waals surface area contributed by atoms with E-state index in [9.17, 15) is 13.2 Å². The minimum absolute atomic E-state index is 0.0329. The third kappa shape index (κ3) is 5.13. The van der Waals surface area contributed by atoms with Crippen molar-refractivity contribution in [1.29, 1.82) is 0 Å². The Balaban J connectivity index is 1.64. The van der Waals surface area contributed by atoms with Crippen molar-refractivity contribution in [2.45, 2.75) is 18.7 Å². The van der Waals surface area contributed by atoms with Gasteiger partial charge >= 0.3 is 0 Å². The molecule has 3 rings (SSSR count). The number of halogens is 1. The molecule has 1 heterocycles. The van der Waals surface area contributed by atoms with Crippen LogP contribution in [0.25, 0.3) is 0 Å². The predicted molar refractivity (Wildman–Crippen MR) is 115 cm³/mol. The number of aryl methyl sites for hydroxylation is 1. The first-order chi connectivity index (χ1) is 14.3. The van der Waals surface area contributed by atoms with Gasteiger partial charge in [0.15, 0.2) is 0 Å². The molecule has 9 heteroatoms. The monoisotopic (exact) mass is 452 g/mol. The second kappa shape index (κ2) is 9.78. The van der Waals surface area contributed by atoms with Gasteiger partial charge in [0.2, 0.25) is 10.0 Å². The average molecular weight is 453 g/mol. The third-order valence-corrected chi connectivity index (χ3v) is 7.21. The maximum Gasteiger partial charge on any atom is 0.252 e. The fourth-order valence-corrected chi connectivity index (χ4v) is 4.71. The summed E-state index contributed by atoms with van der Waals surface area (Å²) >= 11 is 6.15. The van der Waals surface area contributed by atoms with Crippen molar-refractivity contribution < 1.29 is 22.7 Å². The maximum atomic E-state index is 12.8. The fourth-order valence-electron chi connectivity index (χ4n) is 3.08. The summed E-state index contributed by atoms with van der Waals surface area (Å²) in [5.41, 5.74) is 2.28. The van der Waals surface area contributed by atoms with Crippen LogP contribution in [0, 0.1) is 13.8 Å². The molecule has 1 amide bonds. The number of benzene rings is 2. The molecule has 1 aliphatic rings. The largest absolute Gasteiger partial charge is 0.491 e. The van der Waals surface area contributed by atoms with Crippen LogP contribution in [0.2, 0.25) is 5.02 Å². The highest BCUT2D eigenvalue weighted by molar-refractivity contribution is 7.89. The minimum atomic E-state index is -3.71. The quantitative estimate of drug-likeness (QED) is 0.653. The lowest BCUT2D eigenvalue weighted by molar-refractivity contribution is 0.0730. The Morgan fingerprint density at radius 1 is 1.20 bits per heavy atom. The molecule has 2 aromatic rings. The van der Waals surface area contributed by atoms with Gasteiger partial charge in [0.05, 0.1) is 35.2 Å². The minimum Gasteiger partial charge on any atom is -0.491 e. The maximum absolute atomic E-state index is 12.8. The molecule has 0 aliphatic carbocycles. The molecule has 162 valence electrons. The molecule has 0 radical (unpaired) electrons. The van der Waals surface area contributed by atoms with Crippen LogP contribution in [0.1, 0.15) is 21.5 Å². The van der Waals surface area contributed by atoms with Gasteiger partial charge in [-0.2, -0.15) is 4.31 Å². The summed E-state index contributed by atoms with van der Waals surface area (Å²) < 4.78 is 37.9. The van der Waals surface area contributed by atoms with Gasteiger partial charge in [-0.1, -0.05) is 23.7 Å². The molecule has 1 fully saturated rings. The summed E-state index contributed by atoms with van der Waals surface area (Å²) in [6, 6.07) is 9.94. The summed E-state index contributed by atoms with van der Waals surface area (Å²) in [6.07, 6.45) is 0. The molecule has 1 N–H and O–H groups in total. The number of sulfonamides is 1. The van der Waals surface area contributed by atoms with Crippen LogP contribution in [-0.4, -0.2) is 58.1 Å². The van der Waals surface area contributed by atoms with E-state index in [-0.39, 0.29) is 41.7 Å². The van der Waals surface area contributed by atoms with Crippen LogP contribution in [-0.2, 0) is 14.8 Å². The molecule has 30 heavy (non-hydrogen) atoms. The Hall–Kier alpha value is -2.13. The number of hydrogen-bond acceptors (Lipinski definition) is 5. The standard InChI is InChI=1S/C21H25ClN2O5S/c1-15-4-3-5-20(16(15)2)29-11-8-23-21(25)18-14-17(6-7-19(18)22)30(26,27)24-9-12-28-13-10-24/h3-7,14H,8-13H2,1-2H3,(H,23,25). The van der Waals surface area contributed by atoms with Crippen molar-refractivity contribution in [3.05, 3.63) is 58.1 Å². The van der Waals surface area contributed by atoms with Crippen LogP contribution in [0.4, 0.5) is 0 Å². The van der Waals surface area contributed by atoms with Crippen molar-refractivity contribution >= 4 is 27.5 Å². The number of nitrogens with one attached hydrogen (secondary N) is 1. The van der Waals surface area contributed by atoms with E-state index >= 15 is 0 Å². The first-order valence-electron chi connectivity index (χ1n) is 9.65. The number of amides is 1. The van der Waals surface area contributed by atoms with E-state index < -0.39 is 15.9 Å². The van der Waals surface area contributed by atoms with Crippen molar-refractivity contribution in [3.8, 4) is 5.75 Å². The molecule has 0 aromatic heterocycles. The van der Waals surface area contributed by atoms with Gasteiger partial charge in [-0.25, -0.2) is 8.42 Å². The number of carbonyl (C=O) groups excluding carboxylic acids is 1. The van der Waals surface area contributed by atoms with Crippen LogP contribution in [0.15, 0.2) is 41.3 Å². The Labute approximate surface area is 182 Å². The highest BCUT2D eigenvalue weighted by atomic mass is 35.5. The Kier molecular flexibility index (Phi) is 7.36. The fraction of sp³-hybridized carbons (Fsp3) is 0.381. The van der Waals surface area contributed by atoms with Crippen molar-refractivity contribution in [1.82, 2.24) is 9.62 Å². The SMILES string of the molecule is Cc1cccc(OCCNC(=O)c2cc(S(=O)(=O)N3CCOCC3)ccc2Cl)c1C. The number of rotatable bonds is 7. The highest BCUT2D eigenvalue weighted by Gasteiger charge is 2.27. The molecule has 0 saturated carbocycles. The number of nitrogens with zero attached hydrogens (tertiary/aromatic N) is 1. The summed E-state index contributed by atoms with van der Waals surface area (Å²) in [5.74, 6) is 0.310. The second-order valence-electron chi connectivity index (χ2n) is 6.96. The van der Waals surface area contributed by atoms with Crippen LogP contribution < -0.4 is 10.1 Å². The summed E-state index contributed by atoms with van der Waals surface area (Å²) in [4.78, 5) is 12.6. The molecule has 1 saturated heterocycles. The van der Waals surface area contributed by atoms with Gasteiger partial charge < -0.3 is 14.8 Å². The molecule has 0 atom stereocenters. The normalized spacial score (nSPS) is 15.0. The molecular weight excluding hydrogens is 428 g/mol. The van der Waals surface area contributed by atoms with E-state index in [1.165, 1.54) is 22.5 Å². The van der Waals surface area contributed by atoms with Crippen molar-refractivity contribution in [2.24, 2.45) is 0 Å². The lowest BCUT2D eigenvalue weighted by Gasteiger charge is -2.26. The molecule has 7 nitrogen and oxygen atoms in total. The van der Waals surface area contributed by atoms with Gasteiger partial charge in [-0.15, -0.1) is 0 Å². The number of morpholine rings is 1. The Morgan fingerprint density at radius 2 is 1.93 bits per heavy atom. The van der Waals surface area contributed by atoms with Gasteiger partial charge in [0, 0.05) is 13.1 Å². The van der Waals surface area contributed by atoms with Crippen LogP contribution >= 0.6 is 11.6 Å². The van der Waals surface area contributed by atoms with E-state index in [0.29, 0.717) is 13.2 Å². The molecule has 0 bridgehead atoms. The Bertz CT molecular complexity index is 1020. The van der Waals surface area contributed by atoms with Gasteiger partial charge in [0.25, 0.3) is 5.91 Å². The van der Waals surface area contributed by atoms with Gasteiger partial charge in [-0.3, -0.25) is 4.79 Å². The molecule has 2 aromatic carbocycles. The number of carbonyl (C=O) groups is 1. The van der Waals surface area contributed by atoms with E-state index in [4.69, 9.17) is 21.1 Å². The summed E-state index contributed by atoms with van der Waals surface area (Å²) in [7, 11) is -3.71.